The Morgan fingerprint density at radius 1 is 1.19 bits per heavy atom. The Morgan fingerprint density at radius 2 is 1.81 bits per heavy atom. The van der Waals surface area contributed by atoms with Crippen molar-refractivity contribution in [3.8, 4) is 11.8 Å². The second-order valence-electron chi connectivity index (χ2n) is 5.15. The molecule has 1 aliphatic heterocycles. The summed E-state index contributed by atoms with van der Waals surface area (Å²) in [5.41, 5.74) is 0.0698. The first kappa shape index (κ1) is 12.0. The largest absolute Gasteiger partial charge is 0.390 e. The fourth-order valence-electron chi connectivity index (χ4n) is 3.40. The molecule has 2 nitrogen and oxygen atoms in total. The second kappa shape index (κ2) is 5.21. The van der Waals surface area contributed by atoms with Crippen LogP contribution in [0.15, 0.2) is 0 Å². The molecule has 0 aromatic heterocycles. The molecule has 1 heterocycles. The third kappa shape index (κ3) is 2.12. The average molecular weight is 221 g/mol. The lowest BCUT2D eigenvalue weighted by Gasteiger charge is -2.42. The van der Waals surface area contributed by atoms with Crippen molar-refractivity contribution in [3.05, 3.63) is 0 Å². The quantitative estimate of drug-likeness (QED) is 0.738. The Kier molecular flexibility index (Phi) is 3.89. The maximum atomic E-state index is 10.4. The molecule has 1 saturated heterocycles. The van der Waals surface area contributed by atoms with Crippen molar-refractivity contribution in [2.24, 2.45) is 0 Å². The Labute approximate surface area is 99.0 Å². The van der Waals surface area contributed by atoms with Crippen LogP contribution < -0.4 is 0 Å². The van der Waals surface area contributed by atoms with Gasteiger partial charge in [-0.3, -0.25) is 4.90 Å². The molecule has 90 valence electrons. The second-order valence-corrected chi connectivity index (χ2v) is 5.15. The standard InChI is InChI=1S/C14H23NO/c1-2-3-8-13(16)14(9-4-5-10-14)15-11-6-7-12-15/h13,16H,4-12H2,1H3. The van der Waals surface area contributed by atoms with E-state index >= 15 is 0 Å². The number of aliphatic hydroxyl groups excluding tert-OH is 1. The zero-order chi connectivity index (χ0) is 11.4. The Balaban J connectivity index is 2.09. The van der Waals surface area contributed by atoms with Gasteiger partial charge in [-0.2, -0.15) is 0 Å². The zero-order valence-corrected chi connectivity index (χ0v) is 10.3. The summed E-state index contributed by atoms with van der Waals surface area (Å²) >= 11 is 0. The number of likely N-dealkylation sites (tertiary alicyclic amines) is 1. The first-order chi connectivity index (χ1) is 7.79. The Morgan fingerprint density at radius 3 is 2.38 bits per heavy atom. The van der Waals surface area contributed by atoms with Crippen molar-refractivity contribution in [1.29, 1.82) is 0 Å². The number of hydrogen-bond acceptors (Lipinski definition) is 2. The molecule has 16 heavy (non-hydrogen) atoms. The molecule has 1 saturated carbocycles. The Bertz CT molecular complexity index is 277. The molecule has 2 heteroatoms. The summed E-state index contributed by atoms with van der Waals surface area (Å²) in [6, 6.07) is 0. The maximum Gasteiger partial charge on any atom is 0.0832 e. The molecular weight excluding hydrogens is 198 g/mol. The van der Waals surface area contributed by atoms with Crippen LogP contribution in [0.2, 0.25) is 0 Å². The lowest BCUT2D eigenvalue weighted by atomic mass is 9.86. The molecule has 0 radical (unpaired) electrons. The molecule has 0 spiro atoms. The van der Waals surface area contributed by atoms with Crippen LogP contribution >= 0.6 is 0 Å². The predicted molar refractivity (Wildman–Crippen MR) is 66.1 cm³/mol. The van der Waals surface area contributed by atoms with E-state index in [1.54, 1.807) is 0 Å². The van der Waals surface area contributed by atoms with E-state index in [9.17, 15) is 5.11 Å². The van der Waals surface area contributed by atoms with Crippen LogP contribution in [-0.2, 0) is 0 Å². The average Bonchev–Trinajstić information content (AvgIpc) is 2.95. The Hall–Kier alpha value is -0.520. The van der Waals surface area contributed by atoms with Crippen LogP contribution in [0.1, 0.15) is 51.9 Å². The van der Waals surface area contributed by atoms with Crippen LogP contribution in [0.3, 0.4) is 0 Å². The minimum atomic E-state index is -0.249. The minimum Gasteiger partial charge on any atom is -0.390 e. The van der Waals surface area contributed by atoms with Crippen LogP contribution in [0.4, 0.5) is 0 Å². The highest BCUT2D eigenvalue weighted by Gasteiger charge is 2.45. The topological polar surface area (TPSA) is 23.5 Å². The molecule has 0 aromatic carbocycles. The summed E-state index contributed by atoms with van der Waals surface area (Å²) in [6.07, 6.45) is 7.87. The molecule has 2 rings (SSSR count). The number of aliphatic hydroxyl groups is 1. The van der Waals surface area contributed by atoms with E-state index in [0.29, 0.717) is 6.42 Å². The molecule has 1 atom stereocenters. The van der Waals surface area contributed by atoms with Crippen LogP contribution in [0.5, 0.6) is 0 Å². The number of nitrogens with zero attached hydrogens (tertiary/aromatic N) is 1. The normalized spacial score (nSPS) is 26.4. The summed E-state index contributed by atoms with van der Waals surface area (Å²) in [7, 11) is 0. The van der Waals surface area contributed by atoms with Gasteiger partial charge in [0, 0.05) is 12.0 Å². The first-order valence-electron chi connectivity index (χ1n) is 6.62. The summed E-state index contributed by atoms with van der Waals surface area (Å²) < 4.78 is 0. The molecule has 0 amide bonds. The number of hydrogen-bond donors (Lipinski definition) is 1. The van der Waals surface area contributed by atoms with Gasteiger partial charge in [-0.05, 0) is 45.7 Å². The molecule has 1 aliphatic carbocycles. The van der Waals surface area contributed by atoms with Gasteiger partial charge in [0.05, 0.1) is 6.10 Å². The first-order valence-corrected chi connectivity index (χ1v) is 6.62. The van der Waals surface area contributed by atoms with E-state index in [2.05, 4.69) is 16.7 Å². The molecule has 0 aromatic rings. The highest BCUT2D eigenvalue weighted by Crippen LogP contribution is 2.40. The smallest absolute Gasteiger partial charge is 0.0832 e. The van der Waals surface area contributed by atoms with Gasteiger partial charge in [0.2, 0.25) is 0 Å². The van der Waals surface area contributed by atoms with Crippen molar-refractivity contribution in [1.82, 2.24) is 4.90 Å². The summed E-state index contributed by atoms with van der Waals surface area (Å²) in [5.74, 6) is 5.95. The molecule has 0 bridgehead atoms. The lowest BCUT2D eigenvalue weighted by molar-refractivity contribution is -0.0146. The van der Waals surface area contributed by atoms with Crippen LogP contribution in [0.25, 0.3) is 0 Å². The van der Waals surface area contributed by atoms with Gasteiger partial charge in [-0.15, -0.1) is 11.8 Å². The molecule has 2 aliphatic rings. The van der Waals surface area contributed by atoms with E-state index in [1.807, 2.05) is 6.92 Å². The highest BCUT2D eigenvalue weighted by molar-refractivity contribution is 5.07. The van der Waals surface area contributed by atoms with Gasteiger partial charge in [-0.1, -0.05) is 12.8 Å². The van der Waals surface area contributed by atoms with E-state index < -0.39 is 0 Å². The zero-order valence-electron chi connectivity index (χ0n) is 10.3. The summed E-state index contributed by atoms with van der Waals surface area (Å²) in [6.45, 7) is 4.21. The van der Waals surface area contributed by atoms with E-state index in [1.165, 1.54) is 51.6 Å². The van der Waals surface area contributed by atoms with Gasteiger partial charge in [-0.25, -0.2) is 0 Å². The molecule has 1 N–H and O–H groups in total. The molecule has 2 fully saturated rings. The summed E-state index contributed by atoms with van der Waals surface area (Å²) in [4.78, 5) is 2.54. The van der Waals surface area contributed by atoms with Gasteiger partial charge in [0.15, 0.2) is 0 Å². The van der Waals surface area contributed by atoms with Crippen LogP contribution in [-0.4, -0.2) is 34.7 Å². The maximum absolute atomic E-state index is 10.4. The van der Waals surface area contributed by atoms with E-state index in [0.717, 1.165) is 0 Å². The van der Waals surface area contributed by atoms with E-state index in [-0.39, 0.29) is 11.6 Å². The molecular formula is C14H23NO. The van der Waals surface area contributed by atoms with Crippen molar-refractivity contribution in [2.45, 2.75) is 63.5 Å². The van der Waals surface area contributed by atoms with Gasteiger partial charge >= 0.3 is 0 Å². The van der Waals surface area contributed by atoms with Crippen molar-refractivity contribution in [2.75, 3.05) is 13.1 Å². The molecule has 1 unspecified atom stereocenters. The third-order valence-electron chi connectivity index (χ3n) is 4.30. The minimum absolute atomic E-state index is 0.0698. The van der Waals surface area contributed by atoms with Gasteiger partial charge < -0.3 is 5.11 Å². The van der Waals surface area contributed by atoms with Crippen LogP contribution in [0, 0.1) is 11.8 Å². The van der Waals surface area contributed by atoms with Gasteiger partial charge in [0.25, 0.3) is 0 Å². The fourth-order valence-corrected chi connectivity index (χ4v) is 3.40. The van der Waals surface area contributed by atoms with Crippen molar-refractivity contribution < 1.29 is 5.11 Å². The van der Waals surface area contributed by atoms with Crippen molar-refractivity contribution in [3.63, 3.8) is 0 Å². The summed E-state index contributed by atoms with van der Waals surface area (Å²) in [5, 5.41) is 10.4. The fraction of sp³-hybridized carbons (Fsp3) is 0.857. The van der Waals surface area contributed by atoms with Crippen molar-refractivity contribution >= 4 is 0 Å². The predicted octanol–water partition coefficient (Wildman–Crippen LogP) is 2.17. The van der Waals surface area contributed by atoms with E-state index in [4.69, 9.17) is 0 Å². The monoisotopic (exact) mass is 221 g/mol. The SMILES string of the molecule is CC#CCC(O)C1(N2CCCC2)CCCC1. The lowest BCUT2D eigenvalue weighted by Crippen LogP contribution is -2.53. The van der Waals surface area contributed by atoms with Gasteiger partial charge in [0.1, 0.15) is 0 Å². The highest BCUT2D eigenvalue weighted by atomic mass is 16.3. The number of rotatable bonds is 3. The third-order valence-corrected chi connectivity index (χ3v) is 4.30.